The molecule has 2 heterocycles. The molecule has 0 aliphatic carbocycles. The minimum Gasteiger partial charge on any atom is -0.481 e. The first kappa shape index (κ1) is 20.9. The molecular weight excluding hydrogens is 417 g/mol. The van der Waals surface area contributed by atoms with Crippen LogP contribution in [0.15, 0.2) is 30.5 Å². The molecule has 2 aromatic heterocycles. The van der Waals surface area contributed by atoms with E-state index in [1.165, 1.54) is 10.9 Å². The number of aryl methyl sites for hydroxylation is 2. The zero-order valence-electron chi connectivity index (χ0n) is 15.8. The van der Waals surface area contributed by atoms with Gasteiger partial charge in [0.25, 0.3) is 5.91 Å². The summed E-state index contributed by atoms with van der Waals surface area (Å²) in [6, 6.07) is 6.91. The molecule has 2 N–H and O–H groups in total. The first-order chi connectivity index (χ1) is 13.8. The Kier molecular flexibility index (Phi) is 6.24. The Hall–Kier alpha value is -2.84. The summed E-state index contributed by atoms with van der Waals surface area (Å²) in [5.74, 6) is -1.34. The van der Waals surface area contributed by atoms with Crippen molar-refractivity contribution in [1.29, 1.82) is 0 Å². The van der Waals surface area contributed by atoms with E-state index in [2.05, 4.69) is 15.5 Å². The van der Waals surface area contributed by atoms with Crippen molar-refractivity contribution in [1.82, 2.24) is 19.6 Å². The number of aromatic nitrogens is 4. The Bertz CT molecular complexity index is 1070. The van der Waals surface area contributed by atoms with Crippen molar-refractivity contribution in [3.8, 4) is 0 Å². The summed E-state index contributed by atoms with van der Waals surface area (Å²) in [6.45, 7) is 4.24. The van der Waals surface area contributed by atoms with Gasteiger partial charge in [0.1, 0.15) is 5.69 Å². The molecule has 3 aromatic rings. The van der Waals surface area contributed by atoms with Crippen molar-refractivity contribution in [2.24, 2.45) is 0 Å². The van der Waals surface area contributed by atoms with Crippen LogP contribution in [0.1, 0.15) is 33.9 Å². The molecule has 10 heteroatoms. The molecule has 0 aliphatic rings. The maximum absolute atomic E-state index is 12.7. The van der Waals surface area contributed by atoms with Gasteiger partial charge in [0.2, 0.25) is 0 Å². The maximum atomic E-state index is 12.7. The normalized spacial score (nSPS) is 10.9. The van der Waals surface area contributed by atoms with Crippen LogP contribution in [0.4, 0.5) is 5.69 Å². The molecule has 1 aromatic carbocycles. The van der Waals surface area contributed by atoms with E-state index < -0.39 is 5.97 Å². The fraction of sp³-hybridized carbons (Fsp3) is 0.263. The summed E-state index contributed by atoms with van der Waals surface area (Å²) in [5.41, 5.74) is 3.24. The highest BCUT2D eigenvalue weighted by molar-refractivity contribution is 6.42. The predicted octanol–water partition coefficient (Wildman–Crippen LogP) is 3.78. The van der Waals surface area contributed by atoms with Crippen LogP contribution in [0.2, 0.25) is 10.0 Å². The Morgan fingerprint density at radius 2 is 1.90 bits per heavy atom. The van der Waals surface area contributed by atoms with E-state index in [1.54, 1.807) is 29.8 Å². The van der Waals surface area contributed by atoms with Crippen LogP contribution in [0.3, 0.4) is 0 Å². The molecule has 0 unspecified atom stereocenters. The Morgan fingerprint density at radius 1 is 1.14 bits per heavy atom. The number of anilines is 1. The lowest BCUT2D eigenvalue weighted by atomic mass is 10.2. The number of benzene rings is 1. The summed E-state index contributed by atoms with van der Waals surface area (Å²) in [5, 5.41) is 21.2. The van der Waals surface area contributed by atoms with Gasteiger partial charge >= 0.3 is 5.97 Å². The van der Waals surface area contributed by atoms with Crippen LogP contribution in [-0.2, 0) is 17.9 Å². The third-order valence-corrected chi connectivity index (χ3v) is 5.16. The number of carbonyl (C=O) groups is 2. The lowest BCUT2D eigenvalue weighted by Crippen LogP contribution is -2.19. The van der Waals surface area contributed by atoms with Gasteiger partial charge in [-0.15, -0.1) is 0 Å². The second-order valence-electron chi connectivity index (χ2n) is 6.49. The highest BCUT2D eigenvalue weighted by Gasteiger charge is 2.18. The summed E-state index contributed by atoms with van der Waals surface area (Å²) < 4.78 is 3.14. The van der Waals surface area contributed by atoms with Crippen molar-refractivity contribution >= 4 is 40.8 Å². The minimum absolute atomic E-state index is 0.111. The van der Waals surface area contributed by atoms with Crippen LogP contribution in [0.5, 0.6) is 0 Å². The third-order valence-electron chi connectivity index (χ3n) is 4.42. The van der Waals surface area contributed by atoms with Crippen molar-refractivity contribution < 1.29 is 14.7 Å². The molecule has 0 fully saturated rings. The Morgan fingerprint density at radius 3 is 2.59 bits per heavy atom. The van der Waals surface area contributed by atoms with Gasteiger partial charge in [0.15, 0.2) is 0 Å². The maximum Gasteiger partial charge on any atom is 0.305 e. The number of rotatable bonds is 7. The van der Waals surface area contributed by atoms with Crippen molar-refractivity contribution in [3.63, 3.8) is 0 Å². The van der Waals surface area contributed by atoms with E-state index in [0.717, 1.165) is 11.3 Å². The number of aliphatic carboxylic acids is 1. The number of carboxylic acids is 1. The van der Waals surface area contributed by atoms with E-state index in [1.807, 2.05) is 13.0 Å². The van der Waals surface area contributed by atoms with Gasteiger partial charge in [-0.2, -0.15) is 10.2 Å². The lowest BCUT2D eigenvalue weighted by Gasteiger charge is -2.09. The average Bonchev–Trinajstić information content (AvgIpc) is 3.23. The summed E-state index contributed by atoms with van der Waals surface area (Å²) in [4.78, 5) is 23.5. The van der Waals surface area contributed by atoms with Crippen LogP contribution in [0.25, 0.3) is 0 Å². The summed E-state index contributed by atoms with van der Waals surface area (Å²) >= 11 is 12.0. The van der Waals surface area contributed by atoms with Crippen LogP contribution in [0, 0.1) is 13.8 Å². The highest BCUT2D eigenvalue weighted by Crippen LogP contribution is 2.25. The molecule has 0 atom stereocenters. The topological polar surface area (TPSA) is 102 Å². The fourth-order valence-electron chi connectivity index (χ4n) is 2.93. The molecule has 29 heavy (non-hydrogen) atoms. The zero-order valence-corrected chi connectivity index (χ0v) is 17.3. The first-order valence-corrected chi connectivity index (χ1v) is 9.54. The molecule has 3 rings (SSSR count). The molecule has 1 amide bonds. The van der Waals surface area contributed by atoms with Gasteiger partial charge in [0, 0.05) is 6.20 Å². The molecule has 0 aliphatic heterocycles. The molecule has 8 nitrogen and oxygen atoms in total. The monoisotopic (exact) mass is 435 g/mol. The molecule has 0 spiro atoms. The van der Waals surface area contributed by atoms with Gasteiger partial charge in [-0.3, -0.25) is 19.0 Å². The molecule has 0 bridgehead atoms. The van der Waals surface area contributed by atoms with Gasteiger partial charge in [-0.1, -0.05) is 29.3 Å². The van der Waals surface area contributed by atoms with Crippen molar-refractivity contribution in [3.05, 3.63) is 63.2 Å². The van der Waals surface area contributed by atoms with E-state index in [-0.39, 0.29) is 24.6 Å². The van der Waals surface area contributed by atoms with Gasteiger partial charge in [0.05, 0.1) is 46.6 Å². The highest BCUT2D eigenvalue weighted by atomic mass is 35.5. The van der Waals surface area contributed by atoms with Crippen molar-refractivity contribution in [2.45, 2.75) is 33.4 Å². The van der Waals surface area contributed by atoms with Crippen LogP contribution >= 0.6 is 23.2 Å². The minimum atomic E-state index is -0.956. The number of nitrogens with zero attached hydrogens (tertiary/aromatic N) is 4. The molecule has 0 saturated carbocycles. The number of nitrogens with one attached hydrogen (secondary N) is 1. The largest absolute Gasteiger partial charge is 0.481 e. The number of carboxylic acid groups (broad SMARTS) is 1. The SMILES string of the molecule is Cc1nn(Cc2ccc(Cl)c(Cl)c2)c(C)c1NC(=O)c1ccnn1CCC(=O)O. The Balaban J connectivity index is 1.78. The molecule has 0 saturated heterocycles. The predicted molar refractivity (Wildman–Crippen MR) is 110 cm³/mol. The van der Waals surface area contributed by atoms with Crippen molar-refractivity contribution in [2.75, 3.05) is 5.32 Å². The van der Waals surface area contributed by atoms with Crippen LogP contribution < -0.4 is 5.32 Å². The van der Waals surface area contributed by atoms with Gasteiger partial charge < -0.3 is 10.4 Å². The quantitative estimate of drug-likeness (QED) is 0.587. The van der Waals surface area contributed by atoms with E-state index in [0.29, 0.717) is 28.0 Å². The van der Waals surface area contributed by atoms with E-state index in [9.17, 15) is 9.59 Å². The lowest BCUT2D eigenvalue weighted by molar-refractivity contribution is -0.137. The first-order valence-electron chi connectivity index (χ1n) is 8.79. The van der Waals surface area contributed by atoms with Gasteiger partial charge in [-0.05, 0) is 37.6 Å². The average molecular weight is 436 g/mol. The zero-order chi connectivity index (χ0) is 21.1. The number of hydrogen-bond acceptors (Lipinski definition) is 4. The third kappa shape index (κ3) is 4.78. The standard InChI is InChI=1S/C19H19Cl2N5O3/c1-11-18(23-19(29)16-5-7-22-25(16)8-6-17(27)28)12(2)26(24-11)10-13-3-4-14(20)15(21)9-13/h3-5,7,9H,6,8,10H2,1-2H3,(H,23,29)(H,27,28). The summed E-state index contributed by atoms with van der Waals surface area (Å²) in [6.07, 6.45) is 1.34. The van der Waals surface area contributed by atoms with E-state index >= 15 is 0 Å². The number of hydrogen-bond donors (Lipinski definition) is 2. The second kappa shape index (κ2) is 8.67. The Labute approximate surface area is 177 Å². The molecule has 152 valence electrons. The molecule has 0 radical (unpaired) electrons. The van der Waals surface area contributed by atoms with Crippen LogP contribution in [-0.4, -0.2) is 36.5 Å². The molecular formula is C19H19Cl2N5O3. The number of halogens is 2. The van der Waals surface area contributed by atoms with Gasteiger partial charge in [-0.25, -0.2) is 0 Å². The summed E-state index contributed by atoms with van der Waals surface area (Å²) in [7, 11) is 0. The second-order valence-corrected chi connectivity index (χ2v) is 7.30. The number of carbonyl (C=O) groups excluding carboxylic acids is 1. The smallest absolute Gasteiger partial charge is 0.305 e. The number of amides is 1. The van der Waals surface area contributed by atoms with E-state index in [4.69, 9.17) is 28.3 Å². The fourth-order valence-corrected chi connectivity index (χ4v) is 3.25.